The SMILES string of the molecule is Nc1cnc(-c2ccc(-c3ccccc3OC3=NC=NC(N)C3)cc2F)cn1. The van der Waals surface area contributed by atoms with E-state index in [1.54, 1.807) is 18.2 Å². The van der Waals surface area contributed by atoms with Gasteiger partial charge in [-0.2, -0.15) is 0 Å². The molecule has 3 aromatic rings. The standard InChI is InChI=1S/C20H17FN6O/c21-15-7-12(5-6-14(15)16-9-25-19(23)10-24-16)13-3-1-2-4-17(13)28-20-8-18(22)26-11-27-20/h1-7,9-11,18H,8,22H2,(H2,23,25). The molecule has 0 amide bonds. The zero-order valence-corrected chi connectivity index (χ0v) is 14.8. The zero-order chi connectivity index (χ0) is 19.5. The lowest BCUT2D eigenvalue weighted by Gasteiger charge is -2.16. The third-order valence-electron chi connectivity index (χ3n) is 4.19. The van der Waals surface area contributed by atoms with Crippen molar-refractivity contribution >= 4 is 18.1 Å². The largest absolute Gasteiger partial charge is 0.442 e. The lowest BCUT2D eigenvalue weighted by molar-refractivity contribution is 0.516. The number of aliphatic imine (C=N–C) groups is 2. The van der Waals surface area contributed by atoms with E-state index in [9.17, 15) is 4.39 Å². The van der Waals surface area contributed by atoms with E-state index in [-0.39, 0.29) is 12.0 Å². The van der Waals surface area contributed by atoms with Crippen LogP contribution in [0.15, 0.2) is 64.8 Å². The molecule has 1 unspecified atom stereocenters. The van der Waals surface area contributed by atoms with E-state index in [0.717, 1.165) is 5.56 Å². The molecule has 2 aromatic carbocycles. The first kappa shape index (κ1) is 17.7. The Morgan fingerprint density at radius 1 is 1.04 bits per heavy atom. The van der Waals surface area contributed by atoms with Gasteiger partial charge in [0.2, 0.25) is 0 Å². The fourth-order valence-corrected chi connectivity index (χ4v) is 2.82. The van der Waals surface area contributed by atoms with Crippen LogP contribution in [0.1, 0.15) is 6.42 Å². The zero-order valence-electron chi connectivity index (χ0n) is 14.8. The van der Waals surface area contributed by atoms with Gasteiger partial charge in [0.25, 0.3) is 0 Å². The Kier molecular flexibility index (Phi) is 4.77. The third kappa shape index (κ3) is 3.72. The number of nitrogen functional groups attached to an aromatic ring is 1. The van der Waals surface area contributed by atoms with Crippen LogP contribution in [0.5, 0.6) is 5.75 Å². The summed E-state index contributed by atoms with van der Waals surface area (Å²) in [6.07, 6.45) is 4.24. The fraction of sp³-hybridized carbons (Fsp3) is 0.100. The van der Waals surface area contributed by atoms with Crippen LogP contribution in [0.4, 0.5) is 10.2 Å². The second kappa shape index (κ2) is 7.53. The van der Waals surface area contributed by atoms with Crippen molar-refractivity contribution in [1.29, 1.82) is 0 Å². The summed E-state index contributed by atoms with van der Waals surface area (Å²) in [5.74, 6) is 0.880. The molecule has 0 spiro atoms. The first-order valence-electron chi connectivity index (χ1n) is 8.59. The molecule has 8 heteroatoms. The van der Waals surface area contributed by atoms with Crippen LogP contribution >= 0.6 is 0 Å². The number of anilines is 1. The third-order valence-corrected chi connectivity index (χ3v) is 4.19. The maximum absolute atomic E-state index is 14.8. The Morgan fingerprint density at radius 2 is 1.89 bits per heavy atom. The molecular formula is C20H17FN6O. The van der Waals surface area contributed by atoms with Gasteiger partial charge in [-0.25, -0.2) is 14.4 Å². The number of para-hydroxylation sites is 1. The number of benzene rings is 2. The van der Waals surface area contributed by atoms with Crippen molar-refractivity contribution in [2.24, 2.45) is 15.7 Å². The second-order valence-corrected chi connectivity index (χ2v) is 6.18. The Labute approximate surface area is 160 Å². The molecule has 0 aliphatic carbocycles. The van der Waals surface area contributed by atoms with Gasteiger partial charge in [0.05, 0.1) is 24.5 Å². The highest BCUT2D eigenvalue weighted by atomic mass is 19.1. The summed E-state index contributed by atoms with van der Waals surface area (Å²) in [4.78, 5) is 16.2. The number of hydrogen-bond acceptors (Lipinski definition) is 7. The molecule has 1 aliphatic rings. The number of nitrogens with two attached hydrogens (primary N) is 2. The van der Waals surface area contributed by atoms with Crippen molar-refractivity contribution in [3.63, 3.8) is 0 Å². The predicted octanol–water partition coefficient (Wildman–Crippen LogP) is 3.03. The molecule has 28 heavy (non-hydrogen) atoms. The van der Waals surface area contributed by atoms with Crippen LogP contribution in [0.2, 0.25) is 0 Å². The summed E-state index contributed by atoms with van der Waals surface area (Å²) in [5, 5.41) is 0. The van der Waals surface area contributed by atoms with E-state index in [2.05, 4.69) is 20.0 Å². The van der Waals surface area contributed by atoms with Gasteiger partial charge in [-0.15, -0.1) is 0 Å². The van der Waals surface area contributed by atoms with Gasteiger partial charge in [-0.05, 0) is 23.8 Å². The summed E-state index contributed by atoms with van der Waals surface area (Å²) in [5.41, 5.74) is 13.5. The minimum Gasteiger partial charge on any atom is -0.442 e. The van der Waals surface area contributed by atoms with Gasteiger partial charge >= 0.3 is 0 Å². The lowest BCUT2D eigenvalue weighted by atomic mass is 10.0. The normalized spacial score (nSPS) is 15.9. The number of nitrogens with zero attached hydrogens (tertiary/aromatic N) is 4. The molecule has 140 valence electrons. The topological polar surface area (TPSA) is 112 Å². The number of aromatic nitrogens is 2. The molecule has 2 heterocycles. The first-order valence-corrected chi connectivity index (χ1v) is 8.59. The van der Waals surface area contributed by atoms with Crippen molar-refractivity contribution in [1.82, 2.24) is 9.97 Å². The van der Waals surface area contributed by atoms with Crippen LogP contribution in [-0.2, 0) is 0 Å². The van der Waals surface area contributed by atoms with E-state index in [4.69, 9.17) is 16.2 Å². The van der Waals surface area contributed by atoms with Crippen LogP contribution in [0.3, 0.4) is 0 Å². The van der Waals surface area contributed by atoms with Crippen molar-refractivity contribution < 1.29 is 9.13 Å². The van der Waals surface area contributed by atoms with E-state index in [0.29, 0.717) is 34.9 Å². The van der Waals surface area contributed by atoms with Gasteiger partial charge < -0.3 is 16.2 Å². The predicted molar refractivity (Wildman–Crippen MR) is 106 cm³/mol. The van der Waals surface area contributed by atoms with Crippen molar-refractivity contribution in [2.45, 2.75) is 12.6 Å². The molecule has 0 radical (unpaired) electrons. The molecule has 0 saturated carbocycles. The molecule has 0 saturated heterocycles. The Balaban J connectivity index is 1.66. The average molecular weight is 376 g/mol. The number of halogens is 1. The molecule has 0 fully saturated rings. The van der Waals surface area contributed by atoms with Gasteiger partial charge in [0.15, 0.2) is 5.90 Å². The summed E-state index contributed by atoms with van der Waals surface area (Å²) in [6.45, 7) is 0. The van der Waals surface area contributed by atoms with Gasteiger partial charge in [-0.3, -0.25) is 9.98 Å². The summed E-state index contributed by atoms with van der Waals surface area (Å²) >= 11 is 0. The highest BCUT2D eigenvalue weighted by Gasteiger charge is 2.16. The Morgan fingerprint density at radius 3 is 2.64 bits per heavy atom. The molecule has 0 bridgehead atoms. The molecule has 7 nitrogen and oxygen atoms in total. The highest BCUT2D eigenvalue weighted by Crippen LogP contribution is 2.33. The number of rotatable bonds is 3. The molecule has 1 atom stereocenters. The van der Waals surface area contributed by atoms with E-state index < -0.39 is 5.82 Å². The molecule has 4 rings (SSSR count). The molecular weight excluding hydrogens is 359 g/mol. The molecule has 1 aromatic heterocycles. The summed E-state index contributed by atoms with van der Waals surface area (Å²) in [7, 11) is 0. The van der Waals surface area contributed by atoms with E-state index in [1.807, 2.05) is 18.2 Å². The summed E-state index contributed by atoms with van der Waals surface area (Å²) < 4.78 is 20.7. The van der Waals surface area contributed by atoms with E-state index in [1.165, 1.54) is 24.8 Å². The van der Waals surface area contributed by atoms with Gasteiger partial charge in [0, 0.05) is 11.1 Å². The smallest absolute Gasteiger partial charge is 0.199 e. The monoisotopic (exact) mass is 376 g/mol. The van der Waals surface area contributed by atoms with Crippen LogP contribution < -0.4 is 16.2 Å². The van der Waals surface area contributed by atoms with Gasteiger partial charge in [0.1, 0.15) is 29.9 Å². The maximum atomic E-state index is 14.8. The van der Waals surface area contributed by atoms with Gasteiger partial charge in [-0.1, -0.05) is 24.3 Å². The highest BCUT2D eigenvalue weighted by molar-refractivity contribution is 5.89. The lowest BCUT2D eigenvalue weighted by Crippen LogP contribution is -2.27. The molecule has 1 aliphatic heterocycles. The van der Waals surface area contributed by atoms with Crippen molar-refractivity contribution in [3.05, 3.63) is 60.7 Å². The Bertz CT molecular complexity index is 1060. The number of ether oxygens (including phenoxy) is 1. The first-order chi connectivity index (χ1) is 13.6. The van der Waals surface area contributed by atoms with Crippen molar-refractivity contribution in [3.8, 4) is 28.1 Å². The minimum absolute atomic E-state index is 0.280. The fourth-order valence-electron chi connectivity index (χ4n) is 2.82. The number of hydrogen-bond donors (Lipinski definition) is 2. The average Bonchev–Trinajstić information content (AvgIpc) is 2.69. The Hall–Kier alpha value is -3.65. The molecule has 4 N–H and O–H groups in total. The minimum atomic E-state index is -0.421. The van der Waals surface area contributed by atoms with Crippen LogP contribution in [0.25, 0.3) is 22.4 Å². The van der Waals surface area contributed by atoms with Crippen LogP contribution in [0, 0.1) is 5.82 Å². The van der Waals surface area contributed by atoms with Crippen molar-refractivity contribution in [2.75, 3.05) is 5.73 Å². The van der Waals surface area contributed by atoms with Crippen LogP contribution in [-0.4, -0.2) is 28.4 Å². The summed E-state index contributed by atoms with van der Waals surface area (Å²) in [6, 6.07) is 12.2. The van der Waals surface area contributed by atoms with E-state index >= 15 is 0 Å². The quantitative estimate of drug-likeness (QED) is 0.730. The maximum Gasteiger partial charge on any atom is 0.199 e. The second-order valence-electron chi connectivity index (χ2n) is 6.18.